The summed E-state index contributed by atoms with van der Waals surface area (Å²) in [7, 11) is 1.59. The highest BCUT2D eigenvalue weighted by Crippen LogP contribution is 2.32. The molecular formula is C19H14Cl2O2S. The van der Waals surface area contributed by atoms with E-state index in [0.29, 0.717) is 21.4 Å². The Morgan fingerprint density at radius 2 is 1.83 bits per heavy atom. The summed E-state index contributed by atoms with van der Waals surface area (Å²) >= 11 is 13.9. The molecule has 0 saturated heterocycles. The van der Waals surface area contributed by atoms with Crippen molar-refractivity contribution in [2.24, 2.45) is 0 Å². The third kappa shape index (κ3) is 3.48. The summed E-state index contributed by atoms with van der Waals surface area (Å²) < 4.78 is 5.40. The Labute approximate surface area is 154 Å². The quantitative estimate of drug-likeness (QED) is 0.498. The van der Waals surface area contributed by atoms with Crippen molar-refractivity contribution in [3.8, 4) is 16.2 Å². The fraction of sp³-hybridized carbons (Fsp3) is 0.105. The molecule has 0 fully saturated rings. The zero-order chi connectivity index (χ0) is 17.1. The molecule has 0 radical (unpaired) electrons. The number of halogens is 2. The molecule has 0 aliphatic rings. The van der Waals surface area contributed by atoms with Crippen LogP contribution < -0.4 is 4.74 Å². The topological polar surface area (TPSA) is 26.3 Å². The van der Waals surface area contributed by atoms with Gasteiger partial charge in [-0.2, -0.15) is 0 Å². The first-order valence-electron chi connectivity index (χ1n) is 7.28. The lowest BCUT2D eigenvalue weighted by Gasteiger charge is -2.11. The highest BCUT2D eigenvalue weighted by molar-refractivity contribution is 7.13. The summed E-state index contributed by atoms with van der Waals surface area (Å²) in [6.45, 7) is 0. The molecule has 0 atom stereocenters. The second-order valence-corrected chi connectivity index (χ2v) is 6.96. The number of ketones is 1. The van der Waals surface area contributed by atoms with Gasteiger partial charge in [0.15, 0.2) is 5.78 Å². The largest absolute Gasteiger partial charge is 0.496 e. The predicted octanol–water partition coefficient (Wildman–Crippen LogP) is 6.16. The summed E-state index contributed by atoms with van der Waals surface area (Å²) in [4.78, 5) is 13.8. The molecule has 0 aliphatic carbocycles. The van der Waals surface area contributed by atoms with Gasteiger partial charge >= 0.3 is 0 Å². The van der Waals surface area contributed by atoms with Gasteiger partial charge in [-0.05, 0) is 47.3 Å². The summed E-state index contributed by atoms with van der Waals surface area (Å²) in [5.41, 5.74) is 2.22. The van der Waals surface area contributed by atoms with Crippen LogP contribution in [0.5, 0.6) is 5.75 Å². The zero-order valence-electron chi connectivity index (χ0n) is 12.9. The number of rotatable bonds is 5. The van der Waals surface area contributed by atoms with Gasteiger partial charge in [-0.1, -0.05) is 35.3 Å². The van der Waals surface area contributed by atoms with E-state index in [1.807, 2.05) is 35.7 Å². The van der Waals surface area contributed by atoms with Gasteiger partial charge in [0.1, 0.15) is 5.75 Å². The van der Waals surface area contributed by atoms with E-state index in [-0.39, 0.29) is 12.2 Å². The average Bonchev–Trinajstić information content (AvgIpc) is 3.09. The SMILES string of the molecule is COc1ccc(-c2cccs2)cc1CC(=O)c1c(Cl)cccc1Cl. The van der Waals surface area contributed by atoms with Crippen molar-refractivity contribution in [1.82, 2.24) is 0 Å². The molecule has 0 aliphatic heterocycles. The highest BCUT2D eigenvalue weighted by atomic mass is 35.5. The van der Waals surface area contributed by atoms with Crippen LogP contribution in [-0.4, -0.2) is 12.9 Å². The van der Waals surface area contributed by atoms with Gasteiger partial charge in [-0.3, -0.25) is 4.79 Å². The molecule has 0 amide bonds. The predicted molar refractivity (Wildman–Crippen MR) is 101 cm³/mol. The third-order valence-electron chi connectivity index (χ3n) is 3.68. The maximum absolute atomic E-state index is 12.7. The number of ether oxygens (including phenoxy) is 1. The molecule has 2 nitrogen and oxygen atoms in total. The Balaban J connectivity index is 1.96. The minimum Gasteiger partial charge on any atom is -0.496 e. The van der Waals surface area contributed by atoms with Crippen molar-refractivity contribution in [2.75, 3.05) is 7.11 Å². The van der Waals surface area contributed by atoms with E-state index in [1.54, 1.807) is 36.6 Å². The molecule has 5 heteroatoms. The number of carbonyl (C=O) groups excluding carboxylic acids is 1. The Morgan fingerprint density at radius 3 is 2.46 bits per heavy atom. The number of carbonyl (C=O) groups is 1. The Hall–Kier alpha value is -1.81. The fourth-order valence-corrected chi connectivity index (χ4v) is 3.87. The van der Waals surface area contributed by atoms with Crippen LogP contribution >= 0.6 is 34.5 Å². The van der Waals surface area contributed by atoms with E-state index in [1.165, 1.54) is 0 Å². The molecule has 0 N–H and O–H groups in total. The van der Waals surface area contributed by atoms with Crippen LogP contribution in [-0.2, 0) is 6.42 Å². The van der Waals surface area contributed by atoms with Gasteiger partial charge in [0.25, 0.3) is 0 Å². The van der Waals surface area contributed by atoms with Crippen LogP contribution in [0.3, 0.4) is 0 Å². The molecule has 0 bridgehead atoms. The fourth-order valence-electron chi connectivity index (χ4n) is 2.54. The minimum atomic E-state index is -0.132. The molecule has 0 saturated carbocycles. The summed E-state index contributed by atoms with van der Waals surface area (Å²) in [5.74, 6) is 0.541. The molecule has 3 rings (SSSR count). The highest BCUT2D eigenvalue weighted by Gasteiger charge is 2.17. The van der Waals surface area contributed by atoms with Crippen molar-refractivity contribution in [3.05, 3.63) is 75.1 Å². The Morgan fingerprint density at radius 1 is 1.08 bits per heavy atom. The normalized spacial score (nSPS) is 10.6. The Bertz CT molecular complexity index is 853. The first-order chi connectivity index (χ1) is 11.6. The number of hydrogen-bond acceptors (Lipinski definition) is 3. The maximum atomic E-state index is 12.7. The molecule has 1 aromatic heterocycles. The number of Topliss-reactive ketones (excluding diaryl/α,β-unsaturated/α-hetero) is 1. The van der Waals surface area contributed by atoms with E-state index >= 15 is 0 Å². The van der Waals surface area contributed by atoms with E-state index < -0.39 is 0 Å². The molecule has 122 valence electrons. The summed E-state index contributed by atoms with van der Waals surface area (Å²) in [6.07, 6.45) is 0.172. The number of hydrogen-bond donors (Lipinski definition) is 0. The van der Waals surface area contributed by atoms with Gasteiger partial charge < -0.3 is 4.74 Å². The van der Waals surface area contributed by atoms with Crippen molar-refractivity contribution < 1.29 is 9.53 Å². The zero-order valence-corrected chi connectivity index (χ0v) is 15.2. The van der Waals surface area contributed by atoms with Crippen LogP contribution in [0.15, 0.2) is 53.9 Å². The number of methoxy groups -OCH3 is 1. The smallest absolute Gasteiger partial charge is 0.170 e. The van der Waals surface area contributed by atoms with E-state index in [4.69, 9.17) is 27.9 Å². The van der Waals surface area contributed by atoms with Crippen molar-refractivity contribution >= 4 is 40.3 Å². The molecule has 3 aromatic rings. The van der Waals surface area contributed by atoms with Crippen LogP contribution in [0.1, 0.15) is 15.9 Å². The van der Waals surface area contributed by atoms with Crippen LogP contribution in [0.25, 0.3) is 10.4 Å². The minimum absolute atomic E-state index is 0.132. The molecular weight excluding hydrogens is 363 g/mol. The second-order valence-electron chi connectivity index (χ2n) is 5.20. The first kappa shape index (κ1) is 17.0. The van der Waals surface area contributed by atoms with Crippen molar-refractivity contribution in [3.63, 3.8) is 0 Å². The molecule has 24 heavy (non-hydrogen) atoms. The van der Waals surface area contributed by atoms with Gasteiger partial charge in [-0.25, -0.2) is 0 Å². The summed E-state index contributed by atoms with van der Waals surface area (Å²) in [6, 6.07) is 14.9. The molecule has 0 spiro atoms. The Kier molecular flexibility index (Phi) is 5.24. The first-order valence-corrected chi connectivity index (χ1v) is 8.91. The lowest BCUT2D eigenvalue weighted by Crippen LogP contribution is -2.06. The second kappa shape index (κ2) is 7.39. The molecule has 1 heterocycles. The third-order valence-corrected chi connectivity index (χ3v) is 5.23. The lowest BCUT2D eigenvalue weighted by molar-refractivity contribution is 0.0992. The van der Waals surface area contributed by atoms with Gasteiger partial charge in [-0.15, -0.1) is 11.3 Å². The van der Waals surface area contributed by atoms with Crippen LogP contribution in [0.4, 0.5) is 0 Å². The monoisotopic (exact) mass is 376 g/mol. The van der Waals surface area contributed by atoms with Crippen molar-refractivity contribution in [2.45, 2.75) is 6.42 Å². The summed E-state index contributed by atoms with van der Waals surface area (Å²) in [5, 5.41) is 2.75. The average molecular weight is 377 g/mol. The molecule has 2 aromatic carbocycles. The number of benzene rings is 2. The van der Waals surface area contributed by atoms with Crippen LogP contribution in [0.2, 0.25) is 10.0 Å². The van der Waals surface area contributed by atoms with E-state index in [9.17, 15) is 4.79 Å². The van der Waals surface area contributed by atoms with Gasteiger partial charge in [0.2, 0.25) is 0 Å². The number of thiophene rings is 1. The van der Waals surface area contributed by atoms with Crippen LogP contribution in [0, 0.1) is 0 Å². The van der Waals surface area contributed by atoms with E-state index in [2.05, 4.69) is 0 Å². The lowest BCUT2D eigenvalue weighted by atomic mass is 10.00. The maximum Gasteiger partial charge on any atom is 0.170 e. The van der Waals surface area contributed by atoms with E-state index in [0.717, 1.165) is 16.0 Å². The van der Waals surface area contributed by atoms with Gasteiger partial charge in [0, 0.05) is 16.9 Å². The van der Waals surface area contributed by atoms with Crippen molar-refractivity contribution in [1.29, 1.82) is 0 Å². The standard InChI is InChI=1S/C19H14Cl2O2S/c1-23-17-8-7-12(18-6-3-9-24-18)10-13(17)11-16(22)19-14(20)4-2-5-15(19)21/h2-10H,11H2,1H3. The van der Waals surface area contributed by atoms with Gasteiger partial charge in [0.05, 0.1) is 22.7 Å². The molecule has 0 unspecified atom stereocenters.